The van der Waals surface area contributed by atoms with E-state index in [1.807, 2.05) is 24.3 Å². The number of nitrogens with two attached hydrogens (primary N) is 1. The zero-order valence-corrected chi connectivity index (χ0v) is 12.0. The summed E-state index contributed by atoms with van der Waals surface area (Å²) in [6.45, 7) is 0.310. The Bertz CT molecular complexity index is 634. The Morgan fingerprint density at radius 3 is 2.75 bits per heavy atom. The number of hydrogen-bond acceptors (Lipinski definition) is 5. The Kier molecular flexibility index (Phi) is 4.54. The van der Waals surface area contributed by atoms with Crippen molar-refractivity contribution >= 4 is 27.3 Å². The van der Waals surface area contributed by atoms with Crippen molar-refractivity contribution in [3.05, 3.63) is 62.6 Å². The average Bonchev–Trinajstić information content (AvgIpc) is 2.45. The molecule has 0 saturated carbocycles. The number of hydrazine groups is 1. The predicted molar refractivity (Wildman–Crippen MR) is 79.4 cm³/mol. The zero-order chi connectivity index (χ0) is 14.5. The Labute approximate surface area is 123 Å². The summed E-state index contributed by atoms with van der Waals surface area (Å²) in [7, 11) is 0. The van der Waals surface area contributed by atoms with Crippen molar-refractivity contribution in [2.75, 3.05) is 5.43 Å². The molecular formula is C13H12BrN3O3. The molecule has 0 spiro atoms. The Morgan fingerprint density at radius 2 is 2.10 bits per heavy atom. The Balaban J connectivity index is 2.16. The highest BCUT2D eigenvalue weighted by atomic mass is 79.9. The van der Waals surface area contributed by atoms with Crippen LogP contribution < -0.4 is 16.0 Å². The van der Waals surface area contributed by atoms with E-state index in [1.54, 1.807) is 6.07 Å². The molecule has 6 nitrogen and oxygen atoms in total. The van der Waals surface area contributed by atoms with Gasteiger partial charge in [-0.15, -0.1) is 0 Å². The summed E-state index contributed by atoms with van der Waals surface area (Å²) in [6.07, 6.45) is 0. The van der Waals surface area contributed by atoms with Crippen molar-refractivity contribution in [1.82, 2.24) is 0 Å². The first kappa shape index (κ1) is 14.3. The topological polar surface area (TPSA) is 90.4 Å². The highest BCUT2D eigenvalue weighted by Gasteiger charge is 2.10. The maximum atomic E-state index is 10.8. The van der Waals surface area contributed by atoms with Crippen molar-refractivity contribution in [2.24, 2.45) is 5.84 Å². The van der Waals surface area contributed by atoms with Gasteiger partial charge in [-0.25, -0.2) is 0 Å². The van der Waals surface area contributed by atoms with Crippen molar-refractivity contribution < 1.29 is 9.66 Å². The molecule has 0 atom stereocenters. The average molecular weight is 338 g/mol. The van der Waals surface area contributed by atoms with Crippen LogP contribution in [0.25, 0.3) is 0 Å². The van der Waals surface area contributed by atoms with Gasteiger partial charge in [-0.05, 0) is 17.7 Å². The fraction of sp³-hybridized carbons (Fsp3) is 0.0769. The summed E-state index contributed by atoms with van der Waals surface area (Å²) >= 11 is 3.37. The highest BCUT2D eigenvalue weighted by molar-refractivity contribution is 9.10. The number of nitrogen functional groups attached to an aromatic ring is 1. The third kappa shape index (κ3) is 3.69. The van der Waals surface area contributed by atoms with Gasteiger partial charge in [0.15, 0.2) is 0 Å². The minimum absolute atomic E-state index is 0.0790. The molecular weight excluding hydrogens is 326 g/mol. The van der Waals surface area contributed by atoms with E-state index < -0.39 is 4.92 Å². The lowest BCUT2D eigenvalue weighted by Crippen LogP contribution is -2.07. The molecule has 20 heavy (non-hydrogen) atoms. The molecule has 104 valence electrons. The highest BCUT2D eigenvalue weighted by Crippen LogP contribution is 2.26. The molecule has 0 heterocycles. The first-order chi connectivity index (χ1) is 9.58. The zero-order valence-electron chi connectivity index (χ0n) is 10.4. The number of nitrogens with zero attached hydrogens (tertiary/aromatic N) is 1. The van der Waals surface area contributed by atoms with Gasteiger partial charge in [0.25, 0.3) is 5.69 Å². The van der Waals surface area contributed by atoms with Gasteiger partial charge >= 0.3 is 0 Å². The fourth-order valence-electron chi connectivity index (χ4n) is 1.65. The van der Waals surface area contributed by atoms with Gasteiger partial charge in [-0.2, -0.15) is 0 Å². The predicted octanol–water partition coefficient (Wildman–Crippen LogP) is 3.22. The van der Waals surface area contributed by atoms with Gasteiger partial charge in [-0.1, -0.05) is 28.1 Å². The normalized spacial score (nSPS) is 10.1. The molecule has 0 radical (unpaired) electrons. The van der Waals surface area contributed by atoms with E-state index in [0.29, 0.717) is 18.0 Å². The summed E-state index contributed by atoms with van der Waals surface area (Å²) in [6, 6.07) is 11.9. The van der Waals surface area contributed by atoms with Gasteiger partial charge in [0.1, 0.15) is 12.4 Å². The number of ether oxygens (including phenoxy) is 1. The van der Waals surface area contributed by atoms with Crippen molar-refractivity contribution in [1.29, 1.82) is 0 Å². The lowest BCUT2D eigenvalue weighted by molar-refractivity contribution is -0.384. The van der Waals surface area contributed by atoms with Gasteiger partial charge < -0.3 is 10.2 Å². The number of nitro benzene ring substituents is 1. The molecule has 0 saturated heterocycles. The first-order valence-electron chi connectivity index (χ1n) is 5.72. The van der Waals surface area contributed by atoms with E-state index in [2.05, 4.69) is 21.4 Å². The maximum Gasteiger partial charge on any atom is 0.275 e. The third-order valence-electron chi connectivity index (χ3n) is 2.56. The van der Waals surface area contributed by atoms with E-state index in [9.17, 15) is 10.1 Å². The van der Waals surface area contributed by atoms with Crippen molar-refractivity contribution in [3.8, 4) is 5.75 Å². The van der Waals surface area contributed by atoms with Crippen LogP contribution in [0.5, 0.6) is 5.75 Å². The first-order valence-corrected chi connectivity index (χ1v) is 6.51. The monoisotopic (exact) mass is 337 g/mol. The van der Waals surface area contributed by atoms with Crippen LogP contribution in [0.4, 0.5) is 11.4 Å². The molecule has 0 bridgehead atoms. The summed E-state index contributed by atoms with van der Waals surface area (Å²) in [5.41, 5.74) is 3.67. The quantitative estimate of drug-likeness (QED) is 0.496. The fourth-order valence-corrected chi connectivity index (χ4v) is 2.10. The SMILES string of the molecule is NNc1cc(OCc2cccc(Br)c2)cc([N+](=O)[O-])c1. The van der Waals surface area contributed by atoms with Crippen LogP contribution in [0.1, 0.15) is 5.56 Å². The van der Waals surface area contributed by atoms with Crippen LogP contribution in [0, 0.1) is 10.1 Å². The van der Waals surface area contributed by atoms with E-state index >= 15 is 0 Å². The van der Waals surface area contributed by atoms with Crippen LogP contribution in [0.3, 0.4) is 0 Å². The van der Waals surface area contributed by atoms with Gasteiger partial charge in [0.05, 0.1) is 16.7 Å². The van der Waals surface area contributed by atoms with Crippen LogP contribution in [0.15, 0.2) is 46.9 Å². The molecule has 7 heteroatoms. The van der Waals surface area contributed by atoms with Crippen LogP contribution >= 0.6 is 15.9 Å². The van der Waals surface area contributed by atoms with Crippen LogP contribution in [-0.4, -0.2) is 4.92 Å². The number of halogens is 1. The van der Waals surface area contributed by atoms with Gasteiger partial charge in [0, 0.05) is 16.6 Å². The molecule has 0 fully saturated rings. The molecule has 0 unspecified atom stereocenters. The summed E-state index contributed by atoms with van der Waals surface area (Å²) in [5.74, 6) is 5.66. The van der Waals surface area contributed by atoms with Crippen molar-refractivity contribution in [2.45, 2.75) is 6.61 Å². The van der Waals surface area contributed by atoms with Crippen molar-refractivity contribution in [3.63, 3.8) is 0 Å². The maximum absolute atomic E-state index is 10.8. The van der Waals surface area contributed by atoms with Gasteiger partial charge in [0.2, 0.25) is 0 Å². The molecule has 2 rings (SSSR count). The second-order valence-corrected chi connectivity index (χ2v) is 4.95. The van der Waals surface area contributed by atoms with E-state index in [1.165, 1.54) is 12.1 Å². The lowest BCUT2D eigenvalue weighted by atomic mass is 10.2. The number of benzene rings is 2. The Hall–Kier alpha value is -2.12. The standard InChI is InChI=1S/C13H12BrN3O3/c14-10-3-1-2-9(4-10)8-20-13-6-11(16-15)5-12(7-13)17(18)19/h1-7,16H,8,15H2. The van der Waals surface area contributed by atoms with Crippen LogP contribution in [-0.2, 0) is 6.61 Å². The molecule has 0 amide bonds. The number of nitrogens with one attached hydrogen (secondary N) is 1. The minimum Gasteiger partial charge on any atom is -0.489 e. The number of non-ortho nitro benzene ring substituents is 1. The Morgan fingerprint density at radius 1 is 1.30 bits per heavy atom. The number of rotatable bonds is 5. The van der Waals surface area contributed by atoms with E-state index in [0.717, 1.165) is 10.0 Å². The third-order valence-corrected chi connectivity index (χ3v) is 3.06. The minimum atomic E-state index is -0.493. The van der Waals surface area contributed by atoms with Gasteiger partial charge in [-0.3, -0.25) is 16.0 Å². The second-order valence-electron chi connectivity index (χ2n) is 4.04. The molecule has 2 aromatic rings. The molecule has 0 aliphatic rings. The molecule has 0 aliphatic carbocycles. The largest absolute Gasteiger partial charge is 0.489 e. The molecule has 0 aliphatic heterocycles. The molecule has 3 N–H and O–H groups in total. The summed E-state index contributed by atoms with van der Waals surface area (Å²) in [5, 5.41) is 10.8. The summed E-state index contributed by atoms with van der Waals surface area (Å²) in [4.78, 5) is 10.3. The molecule has 0 aromatic heterocycles. The van der Waals surface area contributed by atoms with E-state index in [-0.39, 0.29) is 5.69 Å². The lowest BCUT2D eigenvalue weighted by Gasteiger charge is -2.08. The number of anilines is 1. The summed E-state index contributed by atoms with van der Waals surface area (Å²) < 4.78 is 6.51. The number of nitro groups is 1. The second kappa shape index (κ2) is 6.36. The molecule has 2 aromatic carbocycles. The van der Waals surface area contributed by atoms with Crippen LogP contribution in [0.2, 0.25) is 0 Å². The van der Waals surface area contributed by atoms with E-state index in [4.69, 9.17) is 10.6 Å². The smallest absolute Gasteiger partial charge is 0.275 e. The number of hydrogen-bond donors (Lipinski definition) is 2.